The number of rotatable bonds is 4. The van der Waals surface area contributed by atoms with Gasteiger partial charge in [-0.3, -0.25) is 4.68 Å². The van der Waals surface area contributed by atoms with Crippen LogP contribution in [0, 0.1) is 0 Å². The Morgan fingerprint density at radius 1 is 1.50 bits per heavy atom. The Morgan fingerprint density at radius 3 is 2.83 bits per heavy atom. The average molecular weight is 264 g/mol. The zero-order valence-electron chi connectivity index (χ0n) is 9.95. The molecular weight excluding hydrogens is 252 g/mol. The Kier molecular flexibility index (Phi) is 3.57. The van der Waals surface area contributed by atoms with E-state index < -0.39 is 5.97 Å². The number of carboxylic acids is 1. The summed E-state index contributed by atoms with van der Waals surface area (Å²) < 4.78 is 7.15. The second-order valence-corrected chi connectivity index (χ2v) is 4.44. The SMILES string of the molecule is CSc1cccc(Oc2cnn(C)c2)c1C(=O)O. The van der Waals surface area contributed by atoms with Crippen LogP contribution in [0.5, 0.6) is 11.5 Å². The molecule has 0 aliphatic heterocycles. The topological polar surface area (TPSA) is 64.4 Å². The summed E-state index contributed by atoms with van der Waals surface area (Å²) in [6.45, 7) is 0. The molecule has 1 aromatic carbocycles. The van der Waals surface area contributed by atoms with E-state index >= 15 is 0 Å². The van der Waals surface area contributed by atoms with Crippen LogP contribution >= 0.6 is 11.8 Å². The van der Waals surface area contributed by atoms with Gasteiger partial charge in [-0.05, 0) is 18.4 Å². The van der Waals surface area contributed by atoms with E-state index in [0.29, 0.717) is 16.4 Å². The Hall–Kier alpha value is -1.95. The molecule has 5 nitrogen and oxygen atoms in total. The number of carbonyl (C=O) groups is 1. The summed E-state index contributed by atoms with van der Waals surface area (Å²) in [6.07, 6.45) is 5.05. The largest absolute Gasteiger partial charge is 0.478 e. The number of ether oxygens (including phenoxy) is 1. The van der Waals surface area contributed by atoms with Crippen molar-refractivity contribution in [3.63, 3.8) is 0 Å². The molecule has 1 heterocycles. The Balaban J connectivity index is 2.41. The number of aromatic nitrogens is 2. The molecule has 0 aliphatic carbocycles. The van der Waals surface area contributed by atoms with E-state index in [1.54, 1.807) is 36.1 Å². The maximum absolute atomic E-state index is 11.3. The lowest BCUT2D eigenvalue weighted by Crippen LogP contribution is -2.02. The van der Waals surface area contributed by atoms with Crippen LogP contribution in [-0.4, -0.2) is 27.1 Å². The molecule has 0 aliphatic rings. The highest BCUT2D eigenvalue weighted by molar-refractivity contribution is 7.98. The third-order valence-corrected chi connectivity index (χ3v) is 3.11. The van der Waals surface area contributed by atoms with Crippen LogP contribution in [0.1, 0.15) is 10.4 Å². The quantitative estimate of drug-likeness (QED) is 0.860. The first-order valence-corrected chi connectivity index (χ1v) is 6.41. The summed E-state index contributed by atoms with van der Waals surface area (Å²) >= 11 is 1.37. The number of aromatic carboxylic acids is 1. The Labute approximate surface area is 108 Å². The van der Waals surface area contributed by atoms with Crippen molar-refractivity contribution < 1.29 is 14.6 Å². The maximum atomic E-state index is 11.3. The molecule has 0 spiro atoms. The van der Waals surface area contributed by atoms with Crippen molar-refractivity contribution >= 4 is 17.7 Å². The van der Waals surface area contributed by atoms with Crippen LogP contribution in [0.2, 0.25) is 0 Å². The highest BCUT2D eigenvalue weighted by atomic mass is 32.2. The van der Waals surface area contributed by atoms with Crippen LogP contribution in [0.25, 0.3) is 0 Å². The first-order chi connectivity index (χ1) is 8.61. The van der Waals surface area contributed by atoms with Crippen molar-refractivity contribution in [1.29, 1.82) is 0 Å². The number of thioether (sulfide) groups is 1. The van der Waals surface area contributed by atoms with Crippen molar-refractivity contribution in [3.05, 3.63) is 36.2 Å². The minimum absolute atomic E-state index is 0.175. The molecule has 18 heavy (non-hydrogen) atoms. The van der Waals surface area contributed by atoms with Gasteiger partial charge in [-0.15, -0.1) is 11.8 Å². The smallest absolute Gasteiger partial charge is 0.340 e. The number of hydrogen-bond donors (Lipinski definition) is 1. The highest BCUT2D eigenvalue weighted by Crippen LogP contribution is 2.31. The van der Waals surface area contributed by atoms with Crippen molar-refractivity contribution in [2.75, 3.05) is 6.26 Å². The van der Waals surface area contributed by atoms with Crippen LogP contribution in [0.4, 0.5) is 0 Å². The van der Waals surface area contributed by atoms with Gasteiger partial charge in [0.25, 0.3) is 0 Å². The number of nitrogens with zero attached hydrogens (tertiary/aromatic N) is 2. The first kappa shape index (κ1) is 12.5. The Morgan fingerprint density at radius 2 is 2.28 bits per heavy atom. The third-order valence-electron chi connectivity index (χ3n) is 2.33. The summed E-state index contributed by atoms with van der Waals surface area (Å²) in [5, 5.41) is 13.2. The molecular formula is C12H12N2O3S. The van der Waals surface area contributed by atoms with Gasteiger partial charge in [0.05, 0.1) is 12.4 Å². The lowest BCUT2D eigenvalue weighted by atomic mass is 10.2. The lowest BCUT2D eigenvalue weighted by Gasteiger charge is -2.09. The summed E-state index contributed by atoms with van der Waals surface area (Å²) in [5.74, 6) is -0.167. The minimum atomic E-state index is -1.00. The molecule has 2 rings (SSSR count). The fourth-order valence-corrected chi connectivity index (χ4v) is 2.16. The van der Waals surface area contributed by atoms with E-state index in [4.69, 9.17) is 4.74 Å². The maximum Gasteiger partial charge on any atom is 0.340 e. The van der Waals surface area contributed by atoms with E-state index in [-0.39, 0.29) is 5.56 Å². The van der Waals surface area contributed by atoms with E-state index in [1.165, 1.54) is 18.0 Å². The van der Waals surface area contributed by atoms with Gasteiger partial charge in [0.15, 0.2) is 5.75 Å². The van der Waals surface area contributed by atoms with Crippen LogP contribution in [-0.2, 0) is 7.05 Å². The molecule has 0 saturated heterocycles. The molecule has 1 N–H and O–H groups in total. The highest BCUT2D eigenvalue weighted by Gasteiger charge is 2.17. The molecule has 0 fully saturated rings. The van der Waals surface area contributed by atoms with Crippen molar-refractivity contribution in [2.24, 2.45) is 7.05 Å². The van der Waals surface area contributed by atoms with Crippen molar-refractivity contribution in [1.82, 2.24) is 9.78 Å². The van der Waals surface area contributed by atoms with Gasteiger partial charge in [0.1, 0.15) is 11.3 Å². The average Bonchev–Trinajstić information content (AvgIpc) is 2.74. The normalized spacial score (nSPS) is 10.3. The summed E-state index contributed by atoms with van der Waals surface area (Å²) in [7, 11) is 1.77. The van der Waals surface area contributed by atoms with Gasteiger partial charge < -0.3 is 9.84 Å². The molecule has 0 atom stereocenters. The van der Waals surface area contributed by atoms with E-state index in [2.05, 4.69) is 5.10 Å². The first-order valence-electron chi connectivity index (χ1n) is 5.18. The van der Waals surface area contributed by atoms with Crippen LogP contribution < -0.4 is 4.74 Å². The second-order valence-electron chi connectivity index (χ2n) is 3.59. The zero-order valence-corrected chi connectivity index (χ0v) is 10.8. The summed E-state index contributed by atoms with van der Waals surface area (Å²) in [5.41, 5.74) is 0.175. The van der Waals surface area contributed by atoms with E-state index in [9.17, 15) is 9.90 Å². The van der Waals surface area contributed by atoms with Gasteiger partial charge in [-0.2, -0.15) is 5.10 Å². The van der Waals surface area contributed by atoms with Gasteiger partial charge >= 0.3 is 5.97 Å². The van der Waals surface area contributed by atoms with Gasteiger partial charge in [0.2, 0.25) is 0 Å². The third kappa shape index (κ3) is 2.48. The van der Waals surface area contributed by atoms with Crippen LogP contribution in [0.15, 0.2) is 35.5 Å². The van der Waals surface area contributed by atoms with Crippen molar-refractivity contribution in [2.45, 2.75) is 4.90 Å². The molecule has 0 amide bonds. The van der Waals surface area contributed by atoms with E-state index in [1.807, 2.05) is 6.26 Å². The molecule has 94 valence electrons. The number of carboxylic acid groups (broad SMARTS) is 1. The molecule has 2 aromatic rings. The number of hydrogen-bond acceptors (Lipinski definition) is 4. The number of aryl methyl sites for hydroxylation is 1. The molecule has 1 aromatic heterocycles. The van der Waals surface area contributed by atoms with Gasteiger partial charge in [0, 0.05) is 11.9 Å². The predicted molar refractivity (Wildman–Crippen MR) is 68.5 cm³/mol. The summed E-state index contributed by atoms with van der Waals surface area (Å²) in [6, 6.07) is 5.16. The van der Waals surface area contributed by atoms with Crippen molar-refractivity contribution in [3.8, 4) is 11.5 Å². The van der Waals surface area contributed by atoms with Crippen LogP contribution in [0.3, 0.4) is 0 Å². The molecule has 0 saturated carbocycles. The van der Waals surface area contributed by atoms with Gasteiger partial charge in [-0.1, -0.05) is 6.07 Å². The Bertz CT molecular complexity index is 580. The molecule has 0 bridgehead atoms. The zero-order chi connectivity index (χ0) is 13.1. The lowest BCUT2D eigenvalue weighted by molar-refractivity contribution is 0.0690. The standard InChI is InChI=1S/C12H12N2O3S/c1-14-7-8(6-13-14)17-9-4-3-5-10(18-2)11(9)12(15)16/h3-7H,1-2H3,(H,15,16). The minimum Gasteiger partial charge on any atom is -0.478 e. The summed E-state index contributed by atoms with van der Waals surface area (Å²) in [4.78, 5) is 12.0. The van der Waals surface area contributed by atoms with E-state index in [0.717, 1.165) is 0 Å². The second kappa shape index (κ2) is 5.14. The van der Waals surface area contributed by atoms with Gasteiger partial charge in [-0.25, -0.2) is 4.79 Å². The monoisotopic (exact) mass is 264 g/mol. The molecule has 0 radical (unpaired) electrons. The fourth-order valence-electron chi connectivity index (χ4n) is 1.56. The fraction of sp³-hybridized carbons (Fsp3) is 0.167. The molecule has 6 heteroatoms. The molecule has 0 unspecified atom stereocenters. The number of benzene rings is 1. The predicted octanol–water partition coefficient (Wildman–Crippen LogP) is 2.63.